The van der Waals surface area contributed by atoms with Crippen LogP contribution in [0.4, 0.5) is 0 Å². The number of hydrogen-bond acceptors (Lipinski definition) is 2. The minimum Gasteiger partial charge on any atom is -0.481 e. The van der Waals surface area contributed by atoms with Crippen LogP contribution in [0.1, 0.15) is 18.9 Å². The summed E-state index contributed by atoms with van der Waals surface area (Å²) < 4.78 is 5.42. The third-order valence-corrected chi connectivity index (χ3v) is 2.04. The number of carbonyl (C=O) groups is 1. The van der Waals surface area contributed by atoms with Crippen LogP contribution in [0.2, 0.25) is 0 Å². The summed E-state index contributed by atoms with van der Waals surface area (Å²) in [7, 11) is 0. The molecule has 0 amide bonds. The van der Waals surface area contributed by atoms with E-state index in [1.54, 1.807) is 0 Å². The summed E-state index contributed by atoms with van der Waals surface area (Å²) in [5.74, 6) is -0.711. The van der Waals surface area contributed by atoms with E-state index in [2.05, 4.69) is 0 Å². The van der Waals surface area contributed by atoms with E-state index < -0.39 is 5.97 Å². The molecule has 82 valence electrons. The number of aliphatic carboxylic acids is 1. The van der Waals surface area contributed by atoms with E-state index in [0.29, 0.717) is 13.2 Å². The molecule has 1 atom stereocenters. The molecule has 0 bridgehead atoms. The molecule has 3 heteroatoms. The fraction of sp³-hybridized carbons (Fsp3) is 0.417. The zero-order valence-electron chi connectivity index (χ0n) is 8.85. The van der Waals surface area contributed by atoms with Crippen molar-refractivity contribution in [3.63, 3.8) is 0 Å². The number of hydrogen-bond donors (Lipinski definition) is 1. The largest absolute Gasteiger partial charge is 0.481 e. The first-order chi connectivity index (χ1) is 7.18. The minimum absolute atomic E-state index is 0.0613. The number of carboxylic acid groups (broad SMARTS) is 1. The molecule has 0 aliphatic heterocycles. The predicted octanol–water partition coefficient (Wildman–Crippen LogP) is 2.31. The van der Waals surface area contributed by atoms with Gasteiger partial charge in [-0.3, -0.25) is 4.79 Å². The highest BCUT2D eigenvalue weighted by molar-refractivity contribution is 5.66. The fourth-order valence-electron chi connectivity index (χ4n) is 1.31. The molecular weight excluding hydrogens is 192 g/mol. The Kier molecular flexibility index (Phi) is 4.84. The van der Waals surface area contributed by atoms with Crippen molar-refractivity contribution in [2.24, 2.45) is 5.92 Å². The van der Waals surface area contributed by atoms with Crippen LogP contribution < -0.4 is 0 Å². The summed E-state index contributed by atoms with van der Waals surface area (Å²) in [5.41, 5.74) is 1.11. The molecule has 0 aromatic heterocycles. The molecule has 1 rings (SSSR count). The van der Waals surface area contributed by atoms with Crippen molar-refractivity contribution in [1.82, 2.24) is 0 Å². The lowest BCUT2D eigenvalue weighted by atomic mass is 10.1. The second-order valence-corrected chi connectivity index (χ2v) is 3.70. The lowest BCUT2D eigenvalue weighted by molar-refractivity contribution is -0.138. The Morgan fingerprint density at radius 1 is 1.40 bits per heavy atom. The lowest BCUT2D eigenvalue weighted by Crippen LogP contribution is -2.10. The van der Waals surface area contributed by atoms with Gasteiger partial charge in [0.1, 0.15) is 0 Å². The maximum atomic E-state index is 10.4. The van der Waals surface area contributed by atoms with Crippen molar-refractivity contribution in [3.05, 3.63) is 35.9 Å². The third-order valence-electron chi connectivity index (χ3n) is 2.04. The van der Waals surface area contributed by atoms with Gasteiger partial charge in [-0.2, -0.15) is 0 Å². The molecule has 1 N–H and O–H groups in total. The van der Waals surface area contributed by atoms with Crippen LogP contribution in [-0.2, 0) is 16.1 Å². The van der Waals surface area contributed by atoms with E-state index in [1.165, 1.54) is 0 Å². The highest BCUT2D eigenvalue weighted by atomic mass is 16.5. The topological polar surface area (TPSA) is 46.5 Å². The van der Waals surface area contributed by atoms with Gasteiger partial charge in [0.25, 0.3) is 0 Å². The van der Waals surface area contributed by atoms with Crippen LogP contribution in [0.5, 0.6) is 0 Å². The van der Waals surface area contributed by atoms with Gasteiger partial charge in [0, 0.05) is 0 Å². The minimum atomic E-state index is -0.772. The van der Waals surface area contributed by atoms with Crippen LogP contribution in [0.25, 0.3) is 0 Å². The van der Waals surface area contributed by atoms with Crippen LogP contribution >= 0.6 is 0 Å². The third kappa shape index (κ3) is 5.18. The zero-order chi connectivity index (χ0) is 11.1. The Labute approximate surface area is 89.7 Å². The molecular formula is C12H16O3. The van der Waals surface area contributed by atoms with Gasteiger partial charge in [0.2, 0.25) is 0 Å². The smallest absolute Gasteiger partial charge is 0.303 e. The summed E-state index contributed by atoms with van der Waals surface area (Å²) in [6.07, 6.45) is 0.161. The average Bonchev–Trinajstić information content (AvgIpc) is 2.18. The Morgan fingerprint density at radius 3 is 2.67 bits per heavy atom. The van der Waals surface area contributed by atoms with Gasteiger partial charge in [-0.1, -0.05) is 37.3 Å². The number of ether oxygens (including phenoxy) is 1. The summed E-state index contributed by atoms with van der Waals surface area (Å²) >= 11 is 0. The first-order valence-electron chi connectivity index (χ1n) is 5.02. The Hall–Kier alpha value is -1.35. The van der Waals surface area contributed by atoms with Crippen molar-refractivity contribution >= 4 is 5.97 Å². The molecule has 0 spiro atoms. The van der Waals surface area contributed by atoms with E-state index in [4.69, 9.17) is 9.84 Å². The SMILES string of the molecule is C[C@H](COCc1ccccc1)CC(=O)O. The quantitative estimate of drug-likeness (QED) is 0.780. The molecule has 0 fully saturated rings. The molecule has 0 radical (unpaired) electrons. The highest BCUT2D eigenvalue weighted by Gasteiger charge is 2.07. The second kappa shape index (κ2) is 6.19. The maximum Gasteiger partial charge on any atom is 0.303 e. The van der Waals surface area contributed by atoms with E-state index in [1.807, 2.05) is 37.3 Å². The molecule has 0 unspecified atom stereocenters. The fourth-order valence-corrected chi connectivity index (χ4v) is 1.31. The van der Waals surface area contributed by atoms with E-state index in [9.17, 15) is 4.79 Å². The van der Waals surface area contributed by atoms with Crippen molar-refractivity contribution < 1.29 is 14.6 Å². The van der Waals surface area contributed by atoms with Crippen molar-refractivity contribution in [2.45, 2.75) is 20.0 Å². The lowest BCUT2D eigenvalue weighted by Gasteiger charge is -2.09. The number of carboxylic acids is 1. The van der Waals surface area contributed by atoms with Gasteiger partial charge in [-0.05, 0) is 11.5 Å². The van der Waals surface area contributed by atoms with Gasteiger partial charge < -0.3 is 9.84 Å². The standard InChI is InChI=1S/C12H16O3/c1-10(7-12(13)14)8-15-9-11-5-3-2-4-6-11/h2-6,10H,7-9H2,1H3,(H,13,14)/t10-/m0/s1. The molecule has 0 saturated carbocycles. The van der Waals surface area contributed by atoms with E-state index >= 15 is 0 Å². The van der Waals surface area contributed by atoms with Crippen molar-refractivity contribution in [1.29, 1.82) is 0 Å². The van der Waals surface area contributed by atoms with Crippen LogP contribution in [0.15, 0.2) is 30.3 Å². The number of rotatable bonds is 6. The van der Waals surface area contributed by atoms with Crippen LogP contribution in [-0.4, -0.2) is 17.7 Å². The summed E-state index contributed by atoms with van der Waals surface area (Å²) in [5, 5.41) is 8.54. The monoisotopic (exact) mass is 208 g/mol. The molecule has 3 nitrogen and oxygen atoms in total. The van der Waals surface area contributed by atoms with Crippen LogP contribution in [0, 0.1) is 5.92 Å². The average molecular weight is 208 g/mol. The Bertz CT molecular complexity index is 295. The van der Waals surface area contributed by atoms with E-state index in [-0.39, 0.29) is 12.3 Å². The van der Waals surface area contributed by atoms with E-state index in [0.717, 1.165) is 5.56 Å². The van der Waals surface area contributed by atoms with Gasteiger partial charge in [-0.15, -0.1) is 0 Å². The normalized spacial score (nSPS) is 12.3. The molecule has 0 heterocycles. The highest BCUT2D eigenvalue weighted by Crippen LogP contribution is 2.05. The molecule has 15 heavy (non-hydrogen) atoms. The van der Waals surface area contributed by atoms with Gasteiger partial charge >= 0.3 is 5.97 Å². The first-order valence-corrected chi connectivity index (χ1v) is 5.02. The Morgan fingerprint density at radius 2 is 2.07 bits per heavy atom. The van der Waals surface area contributed by atoms with Crippen molar-refractivity contribution in [3.8, 4) is 0 Å². The molecule has 1 aromatic carbocycles. The molecule has 0 saturated heterocycles. The molecule has 0 aliphatic rings. The summed E-state index contributed by atoms with van der Waals surface area (Å²) in [6.45, 7) is 2.91. The van der Waals surface area contributed by atoms with Crippen LogP contribution in [0.3, 0.4) is 0 Å². The summed E-state index contributed by atoms with van der Waals surface area (Å²) in [6, 6.07) is 9.85. The molecule has 1 aromatic rings. The zero-order valence-corrected chi connectivity index (χ0v) is 8.85. The Balaban J connectivity index is 2.19. The van der Waals surface area contributed by atoms with Gasteiger partial charge in [-0.25, -0.2) is 0 Å². The first kappa shape index (κ1) is 11.7. The summed E-state index contributed by atoms with van der Waals surface area (Å²) in [4.78, 5) is 10.4. The van der Waals surface area contributed by atoms with Gasteiger partial charge in [0.15, 0.2) is 0 Å². The van der Waals surface area contributed by atoms with Crippen molar-refractivity contribution in [2.75, 3.05) is 6.61 Å². The number of benzene rings is 1. The predicted molar refractivity (Wildman–Crippen MR) is 57.5 cm³/mol. The second-order valence-electron chi connectivity index (χ2n) is 3.70. The maximum absolute atomic E-state index is 10.4. The van der Waals surface area contributed by atoms with Gasteiger partial charge in [0.05, 0.1) is 19.6 Å². The molecule has 0 aliphatic carbocycles.